The monoisotopic (exact) mass is 289 g/mol. The van der Waals surface area contributed by atoms with E-state index in [0.29, 0.717) is 9.37 Å². The van der Waals surface area contributed by atoms with Crippen LogP contribution in [0.2, 0.25) is 0 Å². The number of hydrogen-bond donors (Lipinski definition) is 0. The molecule has 0 saturated heterocycles. The van der Waals surface area contributed by atoms with Crippen LogP contribution in [-0.4, -0.2) is 6.26 Å². The molecule has 14 heavy (non-hydrogen) atoms. The number of halogens is 5. The minimum atomic E-state index is -4.26. The number of rotatable bonds is 1. The first kappa shape index (κ1) is 13.8. The molecule has 0 heterocycles. The lowest BCUT2D eigenvalue weighted by Crippen LogP contribution is -3.00. The lowest BCUT2D eigenvalue weighted by atomic mass is 10.2. The van der Waals surface area contributed by atoms with Crippen molar-refractivity contribution in [3.8, 4) is 0 Å². The minimum Gasteiger partial charge on any atom is -1.00 e. The fourth-order valence-electron chi connectivity index (χ4n) is 0.836. The molecule has 1 aromatic rings. The third kappa shape index (κ3) is 3.16. The van der Waals surface area contributed by atoms with Gasteiger partial charge in [-0.25, -0.2) is 0 Å². The average Bonchev–Trinajstić information content (AvgIpc) is 2.03. The van der Waals surface area contributed by atoms with Gasteiger partial charge in [0, 0.05) is 9.37 Å². The average molecular weight is 290 g/mol. The summed E-state index contributed by atoms with van der Waals surface area (Å²) in [5.41, 5.74) is -0.611. The maximum Gasteiger partial charge on any atom is 0.416 e. The second kappa shape index (κ2) is 5.02. The Hall–Kier alpha value is -0.230. The maximum absolute atomic E-state index is 12.2. The van der Waals surface area contributed by atoms with E-state index in [1.165, 1.54) is 17.8 Å². The molecule has 0 fully saturated rings. The Morgan fingerprint density at radius 1 is 1.29 bits per heavy atom. The van der Waals surface area contributed by atoms with Crippen LogP contribution in [0.25, 0.3) is 0 Å². The van der Waals surface area contributed by atoms with Gasteiger partial charge >= 0.3 is 6.18 Å². The van der Waals surface area contributed by atoms with Gasteiger partial charge in [0.25, 0.3) is 0 Å². The van der Waals surface area contributed by atoms with Crippen molar-refractivity contribution in [2.75, 3.05) is 6.26 Å². The van der Waals surface area contributed by atoms with Crippen LogP contribution < -0.4 is 4.70 Å². The molecule has 0 spiro atoms. The zero-order valence-corrected chi connectivity index (χ0v) is 9.43. The van der Waals surface area contributed by atoms with E-state index in [0.717, 1.165) is 12.1 Å². The Balaban J connectivity index is 0.00000169. The van der Waals surface area contributed by atoms with Crippen LogP contribution in [0.15, 0.2) is 27.6 Å². The van der Waals surface area contributed by atoms with Gasteiger partial charge in [-0.2, -0.15) is 13.2 Å². The first-order chi connectivity index (χ1) is 5.95. The second-order valence-corrected chi connectivity index (χ2v) is 4.05. The van der Waals surface area contributed by atoms with E-state index in [9.17, 15) is 13.2 Å². The molecule has 0 aromatic heterocycles. The van der Waals surface area contributed by atoms with Crippen LogP contribution in [0.5, 0.6) is 0 Å². The summed E-state index contributed by atoms with van der Waals surface area (Å²) in [6, 6.07) is 3.60. The molecule has 0 aliphatic rings. The van der Waals surface area contributed by atoms with E-state index < -0.39 is 11.7 Å². The third-order valence-electron chi connectivity index (χ3n) is 1.48. The lowest BCUT2D eigenvalue weighted by Gasteiger charge is -2.08. The Morgan fingerprint density at radius 2 is 1.86 bits per heavy atom. The van der Waals surface area contributed by atoms with Crippen molar-refractivity contribution in [1.29, 1.82) is 0 Å². The standard InChI is InChI=1S/C8H6BrF3S.FH/c1-13-7-4-5(8(10,11)12)2-3-6(7)9;/h2-4H,1H3;1H/p-1. The molecule has 0 nitrogen and oxygen atoms in total. The highest BCUT2D eigenvalue weighted by molar-refractivity contribution is 9.10. The SMILES string of the molecule is CSc1cc(C(F)(F)F)ccc1Br.[F-]. The molecule has 0 unspecified atom stereocenters. The fourth-order valence-corrected chi connectivity index (χ4v) is 2.08. The molecule has 0 atom stereocenters. The summed E-state index contributed by atoms with van der Waals surface area (Å²) in [6.07, 6.45) is -2.52. The Bertz CT molecular complexity index is 311. The zero-order chi connectivity index (χ0) is 10.1. The first-order valence-corrected chi connectivity index (χ1v) is 5.37. The van der Waals surface area contributed by atoms with Crippen molar-refractivity contribution in [3.63, 3.8) is 0 Å². The van der Waals surface area contributed by atoms with Crippen molar-refractivity contribution < 1.29 is 17.9 Å². The molecule has 80 valence electrons. The summed E-state index contributed by atoms with van der Waals surface area (Å²) in [5.74, 6) is 0. The summed E-state index contributed by atoms with van der Waals surface area (Å²) in [4.78, 5) is 0.592. The fraction of sp³-hybridized carbons (Fsp3) is 0.250. The van der Waals surface area contributed by atoms with Crippen molar-refractivity contribution in [2.45, 2.75) is 11.1 Å². The van der Waals surface area contributed by atoms with Gasteiger partial charge in [0.15, 0.2) is 0 Å². The molecular weight excluding hydrogens is 284 g/mol. The van der Waals surface area contributed by atoms with Gasteiger partial charge in [-0.3, -0.25) is 0 Å². The van der Waals surface area contributed by atoms with Crippen LogP contribution in [0, 0.1) is 0 Å². The van der Waals surface area contributed by atoms with Gasteiger partial charge in [0.2, 0.25) is 0 Å². The van der Waals surface area contributed by atoms with Crippen molar-refractivity contribution in [2.24, 2.45) is 0 Å². The molecule has 0 bridgehead atoms. The zero-order valence-electron chi connectivity index (χ0n) is 7.03. The summed E-state index contributed by atoms with van der Waals surface area (Å²) >= 11 is 4.45. The lowest BCUT2D eigenvalue weighted by molar-refractivity contribution is -0.137. The molecule has 1 rings (SSSR count). The molecule has 1 aromatic carbocycles. The molecule has 0 aliphatic carbocycles. The van der Waals surface area contributed by atoms with Gasteiger partial charge in [-0.15, -0.1) is 11.8 Å². The predicted octanol–water partition coefficient (Wildman–Crippen LogP) is 1.19. The first-order valence-electron chi connectivity index (χ1n) is 3.36. The Kier molecular flexibility index (Phi) is 4.94. The van der Waals surface area contributed by atoms with Crippen molar-refractivity contribution >= 4 is 27.7 Å². The molecule has 0 aliphatic heterocycles. The summed E-state index contributed by atoms with van der Waals surface area (Å²) < 4.78 is 37.3. The van der Waals surface area contributed by atoms with Crippen LogP contribution in [0.1, 0.15) is 5.56 Å². The van der Waals surface area contributed by atoms with E-state index in [1.54, 1.807) is 6.26 Å². The molecule has 0 N–H and O–H groups in total. The highest BCUT2D eigenvalue weighted by Gasteiger charge is 2.30. The number of hydrogen-bond acceptors (Lipinski definition) is 1. The maximum atomic E-state index is 12.2. The number of alkyl halides is 3. The molecular formula is C8H6BrF4S-. The van der Waals surface area contributed by atoms with Crippen LogP contribution in [0.4, 0.5) is 13.2 Å². The summed E-state index contributed by atoms with van der Waals surface area (Å²) in [6.45, 7) is 0. The Morgan fingerprint density at radius 3 is 2.29 bits per heavy atom. The number of benzene rings is 1. The highest BCUT2D eigenvalue weighted by Crippen LogP contribution is 2.34. The van der Waals surface area contributed by atoms with Crippen LogP contribution in [0.3, 0.4) is 0 Å². The second-order valence-electron chi connectivity index (χ2n) is 2.35. The van der Waals surface area contributed by atoms with Crippen LogP contribution >= 0.6 is 27.7 Å². The normalized spacial score (nSPS) is 10.9. The Labute approximate surface area is 91.4 Å². The molecule has 0 amide bonds. The summed E-state index contributed by atoms with van der Waals surface area (Å²) in [7, 11) is 0. The highest BCUT2D eigenvalue weighted by atomic mass is 79.9. The van der Waals surface area contributed by atoms with E-state index in [2.05, 4.69) is 15.9 Å². The predicted molar refractivity (Wildman–Crippen MR) is 50.9 cm³/mol. The van der Waals surface area contributed by atoms with Gasteiger partial charge < -0.3 is 4.70 Å². The van der Waals surface area contributed by atoms with Gasteiger partial charge in [0.05, 0.1) is 5.56 Å². The van der Waals surface area contributed by atoms with E-state index in [-0.39, 0.29) is 4.70 Å². The molecule has 0 radical (unpaired) electrons. The van der Waals surface area contributed by atoms with Gasteiger partial charge in [-0.05, 0) is 40.4 Å². The van der Waals surface area contributed by atoms with Crippen LogP contribution in [-0.2, 0) is 6.18 Å². The van der Waals surface area contributed by atoms with Crippen molar-refractivity contribution in [3.05, 3.63) is 28.2 Å². The van der Waals surface area contributed by atoms with Gasteiger partial charge in [-0.1, -0.05) is 0 Å². The minimum absolute atomic E-state index is 0. The molecule has 0 saturated carbocycles. The van der Waals surface area contributed by atoms with E-state index >= 15 is 0 Å². The van der Waals surface area contributed by atoms with Crippen molar-refractivity contribution in [1.82, 2.24) is 0 Å². The summed E-state index contributed by atoms with van der Waals surface area (Å²) in [5, 5.41) is 0. The largest absolute Gasteiger partial charge is 1.00 e. The topological polar surface area (TPSA) is 0 Å². The van der Waals surface area contributed by atoms with E-state index in [1.807, 2.05) is 0 Å². The van der Waals surface area contributed by atoms with E-state index in [4.69, 9.17) is 0 Å². The smallest absolute Gasteiger partial charge is 0.416 e. The van der Waals surface area contributed by atoms with Gasteiger partial charge in [0.1, 0.15) is 0 Å². The third-order valence-corrected chi connectivity index (χ3v) is 3.21. The number of thioether (sulfide) groups is 1. The molecule has 6 heteroatoms. The quantitative estimate of drug-likeness (QED) is 0.553.